The second-order valence-corrected chi connectivity index (χ2v) is 7.46. The number of fused-ring (bicyclic) bond motifs is 2. The Morgan fingerprint density at radius 3 is 2.38 bits per heavy atom. The lowest BCUT2D eigenvalue weighted by Crippen LogP contribution is -2.24. The maximum Gasteiger partial charge on any atom is 0.239 e. The lowest BCUT2D eigenvalue weighted by molar-refractivity contribution is -0.118. The SMILES string of the molecule is CCCC1S/C(=N/N=C/c2c3ccccc3cc3ccccc23)NC1=O. The highest BCUT2D eigenvalue weighted by Crippen LogP contribution is 2.27. The van der Waals surface area contributed by atoms with Crippen molar-refractivity contribution in [2.75, 3.05) is 0 Å². The molecule has 1 heterocycles. The molecular formula is C21H19N3OS. The van der Waals surface area contributed by atoms with Crippen molar-refractivity contribution in [2.24, 2.45) is 10.2 Å². The fourth-order valence-electron chi connectivity index (χ4n) is 3.23. The molecule has 4 rings (SSSR count). The molecule has 1 fully saturated rings. The van der Waals surface area contributed by atoms with Gasteiger partial charge in [0, 0.05) is 5.56 Å². The zero-order valence-electron chi connectivity index (χ0n) is 14.5. The number of thioether (sulfide) groups is 1. The predicted octanol–water partition coefficient (Wildman–Crippen LogP) is 4.71. The zero-order chi connectivity index (χ0) is 17.9. The molecule has 0 saturated carbocycles. The van der Waals surface area contributed by atoms with Crippen molar-refractivity contribution in [3.63, 3.8) is 0 Å². The number of benzene rings is 3. The number of nitrogens with one attached hydrogen (secondary N) is 1. The molecule has 4 nitrogen and oxygen atoms in total. The number of hydrogen-bond acceptors (Lipinski definition) is 4. The van der Waals surface area contributed by atoms with Crippen LogP contribution in [0.5, 0.6) is 0 Å². The van der Waals surface area contributed by atoms with Crippen LogP contribution in [0.3, 0.4) is 0 Å². The number of amidine groups is 1. The van der Waals surface area contributed by atoms with E-state index in [2.05, 4.69) is 52.8 Å². The lowest BCUT2D eigenvalue weighted by atomic mass is 9.97. The normalized spacial score (nSPS) is 19.0. The van der Waals surface area contributed by atoms with Gasteiger partial charge in [-0.3, -0.25) is 4.79 Å². The van der Waals surface area contributed by atoms with E-state index in [0.29, 0.717) is 5.17 Å². The maximum absolute atomic E-state index is 11.9. The first kappa shape index (κ1) is 16.8. The third-order valence-corrected chi connectivity index (χ3v) is 5.62. The minimum Gasteiger partial charge on any atom is -0.303 e. The average Bonchev–Trinajstić information content (AvgIpc) is 3.01. The average molecular weight is 361 g/mol. The van der Waals surface area contributed by atoms with Crippen LogP contribution >= 0.6 is 11.8 Å². The molecule has 1 aliphatic rings. The zero-order valence-corrected chi connectivity index (χ0v) is 15.3. The highest BCUT2D eigenvalue weighted by molar-refractivity contribution is 8.15. The van der Waals surface area contributed by atoms with Gasteiger partial charge in [0.2, 0.25) is 5.91 Å². The Kier molecular flexibility index (Phi) is 4.71. The van der Waals surface area contributed by atoms with Crippen LogP contribution in [0.1, 0.15) is 25.3 Å². The summed E-state index contributed by atoms with van der Waals surface area (Å²) in [5.41, 5.74) is 1.04. The molecular weight excluding hydrogens is 342 g/mol. The molecule has 1 N–H and O–H groups in total. The summed E-state index contributed by atoms with van der Waals surface area (Å²) in [6, 6.07) is 18.7. The van der Waals surface area contributed by atoms with Crippen molar-refractivity contribution in [1.82, 2.24) is 5.32 Å². The monoisotopic (exact) mass is 361 g/mol. The summed E-state index contributed by atoms with van der Waals surface area (Å²) in [5.74, 6) is 0.0291. The third kappa shape index (κ3) is 3.22. The molecule has 1 saturated heterocycles. The van der Waals surface area contributed by atoms with Crippen molar-refractivity contribution in [3.05, 3.63) is 60.2 Å². The van der Waals surface area contributed by atoms with Crippen LogP contribution in [0, 0.1) is 0 Å². The Hall–Kier alpha value is -2.66. The molecule has 1 aliphatic heterocycles. The smallest absolute Gasteiger partial charge is 0.239 e. The second-order valence-electron chi connectivity index (χ2n) is 6.27. The first-order valence-corrected chi connectivity index (χ1v) is 9.63. The first-order chi connectivity index (χ1) is 12.8. The molecule has 0 bridgehead atoms. The van der Waals surface area contributed by atoms with E-state index in [0.717, 1.165) is 29.2 Å². The van der Waals surface area contributed by atoms with E-state index in [1.807, 2.05) is 24.3 Å². The Balaban J connectivity index is 1.71. The summed E-state index contributed by atoms with van der Waals surface area (Å²) in [5, 5.41) is 16.5. The van der Waals surface area contributed by atoms with E-state index < -0.39 is 0 Å². The van der Waals surface area contributed by atoms with E-state index in [9.17, 15) is 4.79 Å². The van der Waals surface area contributed by atoms with Gasteiger partial charge in [-0.2, -0.15) is 5.10 Å². The number of hydrogen-bond donors (Lipinski definition) is 1. The first-order valence-electron chi connectivity index (χ1n) is 8.75. The van der Waals surface area contributed by atoms with Gasteiger partial charge in [0.05, 0.1) is 11.5 Å². The summed E-state index contributed by atoms with van der Waals surface area (Å²) in [7, 11) is 0. The van der Waals surface area contributed by atoms with E-state index in [1.54, 1.807) is 6.21 Å². The quantitative estimate of drug-likeness (QED) is 0.415. The fourth-order valence-corrected chi connectivity index (χ4v) is 4.27. The van der Waals surface area contributed by atoms with Crippen LogP contribution < -0.4 is 5.32 Å². The van der Waals surface area contributed by atoms with E-state index >= 15 is 0 Å². The number of nitrogens with zero attached hydrogens (tertiary/aromatic N) is 2. The van der Waals surface area contributed by atoms with Crippen molar-refractivity contribution in [2.45, 2.75) is 25.0 Å². The Morgan fingerprint density at radius 2 is 1.73 bits per heavy atom. The van der Waals surface area contributed by atoms with Crippen molar-refractivity contribution < 1.29 is 4.79 Å². The van der Waals surface area contributed by atoms with Crippen LogP contribution in [-0.4, -0.2) is 22.5 Å². The molecule has 26 heavy (non-hydrogen) atoms. The van der Waals surface area contributed by atoms with Gasteiger partial charge in [0.15, 0.2) is 5.17 Å². The molecule has 0 radical (unpaired) electrons. The molecule has 1 unspecified atom stereocenters. The Morgan fingerprint density at radius 1 is 1.08 bits per heavy atom. The second kappa shape index (κ2) is 7.30. The lowest BCUT2D eigenvalue weighted by Gasteiger charge is -2.07. The summed E-state index contributed by atoms with van der Waals surface area (Å²) in [6.07, 6.45) is 3.62. The summed E-state index contributed by atoms with van der Waals surface area (Å²) >= 11 is 1.46. The van der Waals surface area contributed by atoms with Gasteiger partial charge in [0.25, 0.3) is 0 Å². The molecule has 0 aliphatic carbocycles. The number of carbonyl (C=O) groups excluding carboxylic acids is 1. The van der Waals surface area contributed by atoms with Crippen molar-refractivity contribution in [3.8, 4) is 0 Å². The minimum atomic E-state index is -0.0488. The summed E-state index contributed by atoms with van der Waals surface area (Å²) in [4.78, 5) is 11.9. The predicted molar refractivity (Wildman–Crippen MR) is 111 cm³/mol. The molecule has 5 heteroatoms. The molecule has 1 atom stereocenters. The molecule has 1 amide bonds. The number of rotatable bonds is 4. The minimum absolute atomic E-state index is 0.0291. The summed E-state index contributed by atoms with van der Waals surface area (Å²) < 4.78 is 0. The Labute approximate surface area is 156 Å². The highest BCUT2D eigenvalue weighted by Gasteiger charge is 2.29. The Bertz CT molecular complexity index is 988. The van der Waals surface area contributed by atoms with Gasteiger partial charge in [-0.1, -0.05) is 73.6 Å². The topological polar surface area (TPSA) is 53.8 Å². The van der Waals surface area contributed by atoms with Crippen LogP contribution in [0.15, 0.2) is 64.8 Å². The number of amides is 1. The van der Waals surface area contributed by atoms with E-state index in [1.165, 1.54) is 22.5 Å². The molecule has 130 valence electrons. The van der Waals surface area contributed by atoms with Gasteiger partial charge < -0.3 is 5.32 Å². The van der Waals surface area contributed by atoms with Gasteiger partial charge >= 0.3 is 0 Å². The van der Waals surface area contributed by atoms with Crippen molar-refractivity contribution in [1.29, 1.82) is 0 Å². The van der Waals surface area contributed by atoms with Gasteiger partial charge in [-0.25, -0.2) is 0 Å². The molecule has 0 aromatic heterocycles. The van der Waals surface area contributed by atoms with Gasteiger partial charge in [-0.05, 0) is 34.0 Å². The standard InChI is InChI=1S/C21H19N3OS/c1-2-7-19-20(25)23-21(26-19)24-22-13-18-16-10-5-3-8-14(16)12-15-9-4-6-11-17(15)18/h3-6,8-13,19H,2,7H2,1H3,(H,23,24,25)/b22-13+. The van der Waals surface area contributed by atoms with Gasteiger partial charge in [0.1, 0.15) is 0 Å². The summed E-state index contributed by atoms with van der Waals surface area (Å²) in [6.45, 7) is 2.08. The van der Waals surface area contributed by atoms with Gasteiger partial charge in [-0.15, -0.1) is 5.10 Å². The highest BCUT2D eigenvalue weighted by atomic mass is 32.2. The molecule has 3 aromatic rings. The molecule has 3 aromatic carbocycles. The van der Waals surface area contributed by atoms with Crippen LogP contribution in [0.4, 0.5) is 0 Å². The largest absolute Gasteiger partial charge is 0.303 e. The molecule has 0 spiro atoms. The maximum atomic E-state index is 11.9. The third-order valence-electron chi connectivity index (χ3n) is 4.48. The van der Waals surface area contributed by atoms with Crippen LogP contribution in [-0.2, 0) is 4.79 Å². The van der Waals surface area contributed by atoms with Crippen LogP contribution in [0.25, 0.3) is 21.5 Å². The fraction of sp³-hybridized carbons (Fsp3) is 0.190. The van der Waals surface area contributed by atoms with E-state index in [4.69, 9.17) is 0 Å². The van der Waals surface area contributed by atoms with Crippen LogP contribution in [0.2, 0.25) is 0 Å². The number of carbonyl (C=O) groups is 1. The van der Waals surface area contributed by atoms with Crippen molar-refractivity contribution >= 4 is 50.6 Å². The van der Waals surface area contributed by atoms with E-state index in [-0.39, 0.29) is 11.2 Å².